The first-order valence-corrected chi connectivity index (χ1v) is 8.14. The molecule has 1 fully saturated rings. The standard InChI is InChI=1S/C16H17ClFN5/c17-11-9-19-23(10-11)7-6-22-5-1-2-15(22)16-20-13-4-3-12(18)8-14(13)21-16/h3-4,8-10,15H,1-2,5-7H2,(H,20,21). The van der Waals surface area contributed by atoms with E-state index in [2.05, 4.69) is 20.0 Å². The molecule has 3 heterocycles. The van der Waals surface area contributed by atoms with Crippen molar-refractivity contribution in [3.8, 4) is 0 Å². The van der Waals surface area contributed by atoms with Crippen molar-refractivity contribution in [3.63, 3.8) is 0 Å². The predicted octanol–water partition coefficient (Wildman–Crippen LogP) is 3.39. The molecule has 0 amide bonds. The van der Waals surface area contributed by atoms with Gasteiger partial charge in [-0.15, -0.1) is 0 Å². The van der Waals surface area contributed by atoms with Gasteiger partial charge >= 0.3 is 0 Å². The van der Waals surface area contributed by atoms with E-state index in [1.807, 2.05) is 10.9 Å². The Morgan fingerprint density at radius 3 is 3.09 bits per heavy atom. The monoisotopic (exact) mass is 333 g/mol. The lowest BCUT2D eigenvalue weighted by Gasteiger charge is -2.22. The number of nitrogens with zero attached hydrogens (tertiary/aromatic N) is 4. The van der Waals surface area contributed by atoms with Crippen LogP contribution in [0.1, 0.15) is 24.7 Å². The van der Waals surface area contributed by atoms with Crippen LogP contribution in [0, 0.1) is 5.82 Å². The zero-order valence-electron chi connectivity index (χ0n) is 12.5. The molecule has 0 spiro atoms. The number of fused-ring (bicyclic) bond motifs is 1. The van der Waals surface area contributed by atoms with Gasteiger partial charge in [0, 0.05) is 12.7 Å². The molecule has 1 N–H and O–H groups in total. The Hall–Kier alpha value is -1.92. The van der Waals surface area contributed by atoms with Crippen LogP contribution in [-0.2, 0) is 6.54 Å². The summed E-state index contributed by atoms with van der Waals surface area (Å²) in [4.78, 5) is 10.3. The average Bonchev–Trinajstić information content (AvgIpc) is 3.22. The first kappa shape index (κ1) is 14.7. The quantitative estimate of drug-likeness (QED) is 0.796. The molecule has 0 aliphatic carbocycles. The van der Waals surface area contributed by atoms with Gasteiger partial charge < -0.3 is 4.98 Å². The van der Waals surface area contributed by atoms with Gasteiger partial charge in [0.05, 0.1) is 34.8 Å². The minimum atomic E-state index is -0.244. The maximum Gasteiger partial charge on any atom is 0.125 e. The van der Waals surface area contributed by atoms with Crippen LogP contribution in [0.25, 0.3) is 11.0 Å². The van der Waals surface area contributed by atoms with Gasteiger partial charge in [-0.1, -0.05) is 11.6 Å². The number of hydrogen-bond acceptors (Lipinski definition) is 3. The summed E-state index contributed by atoms with van der Waals surface area (Å²) in [7, 11) is 0. The molecule has 2 aromatic heterocycles. The summed E-state index contributed by atoms with van der Waals surface area (Å²) in [6, 6.07) is 4.91. The number of H-pyrrole nitrogens is 1. The summed E-state index contributed by atoms with van der Waals surface area (Å²) in [6.45, 7) is 2.71. The van der Waals surface area contributed by atoms with Crippen molar-refractivity contribution in [2.75, 3.05) is 13.1 Å². The van der Waals surface area contributed by atoms with E-state index >= 15 is 0 Å². The van der Waals surface area contributed by atoms with Crippen LogP contribution in [0.4, 0.5) is 4.39 Å². The van der Waals surface area contributed by atoms with Crippen LogP contribution in [-0.4, -0.2) is 37.7 Å². The second kappa shape index (κ2) is 5.94. The maximum atomic E-state index is 13.3. The number of rotatable bonds is 4. The van der Waals surface area contributed by atoms with Gasteiger partial charge in [-0.2, -0.15) is 5.10 Å². The second-order valence-corrected chi connectivity index (χ2v) is 6.34. The Bertz CT molecular complexity index is 827. The molecule has 1 aliphatic heterocycles. The third-order valence-corrected chi connectivity index (χ3v) is 4.55. The summed E-state index contributed by atoms with van der Waals surface area (Å²) in [5, 5.41) is 4.87. The van der Waals surface area contributed by atoms with Crippen LogP contribution in [0.15, 0.2) is 30.6 Å². The van der Waals surface area contributed by atoms with Gasteiger partial charge in [-0.25, -0.2) is 9.37 Å². The van der Waals surface area contributed by atoms with Crippen molar-refractivity contribution in [2.24, 2.45) is 0 Å². The van der Waals surface area contributed by atoms with Gasteiger partial charge in [0.1, 0.15) is 11.6 Å². The van der Waals surface area contributed by atoms with Gasteiger partial charge in [-0.3, -0.25) is 9.58 Å². The lowest BCUT2D eigenvalue weighted by atomic mass is 10.2. The Balaban J connectivity index is 1.51. The van der Waals surface area contributed by atoms with Crippen LogP contribution in [0.3, 0.4) is 0 Å². The second-order valence-electron chi connectivity index (χ2n) is 5.90. The normalized spacial score (nSPS) is 19.0. The molecular formula is C16H17ClFN5. The summed E-state index contributed by atoms with van der Waals surface area (Å²) >= 11 is 5.90. The lowest BCUT2D eigenvalue weighted by Crippen LogP contribution is -2.28. The fraction of sp³-hybridized carbons (Fsp3) is 0.375. The number of likely N-dealkylation sites (tertiary alicyclic amines) is 1. The molecule has 0 radical (unpaired) electrons. The minimum Gasteiger partial charge on any atom is -0.341 e. The number of benzene rings is 1. The molecular weight excluding hydrogens is 317 g/mol. The van der Waals surface area contributed by atoms with Crippen molar-refractivity contribution >= 4 is 22.6 Å². The summed E-state index contributed by atoms with van der Waals surface area (Å²) in [5.74, 6) is 0.674. The van der Waals surface area contributed by atoms with Crippen molar-refractivity contribution < 1.29 is 4.39 Å². The number of hydrogen-bond donors (Lipinski definition) is 1. The molecule has 23 heavy (non-hydrogen) atoms. The number of imidazole rings is 1. The summed E-state index contributed by atoms with van der Waals surface area (Å²) < 4.78 is 15.2. The highest BCUT2D eigenvalue weighted by atomic mass is 35.5. The van der Waals surface area contributed by atoms with E-state index in [-0.39, 0.29) is 11.9 Å². The predicted molar refractivity (Wildman–Crippen MR) is 86.8 cm³/mol. The highest BCUT2D eigenvalue weighted by molar-refractivity contribution is 6.30. The summed E-state index contributed by atoms with van der Waals surface area (Å²) in [6.07, 6.45) is 5.67. The maximum absolute atomic E-state index is 13.3. The SMILES string of the molecule is Fc1ccc2nc(C3CCCN3CCn3cc(Cl)cn3)[nH]c2c1. The van der Waals surface area contributed by atoms with Crippen molar-refractivity contribution in [1.82, 2.24) is 24.6 Å². The molecule has 1 aromatic carbocycles. The van der Waals surface area contributed by atoms with Gasteiger partial charge in [-0.05, 0) is 37.6 Å². The largest absolute Gasteiger partial charge is 0.341 e. The zero-order chi connectivity index (χ0) is 15.8. The Kier molecular flexibility index (Phi) is 3.79. The number of aromatic nitrogens is 4. The Morgan fingerprint density at radius 1 is 1.35 bits per heavy atom. The number of aromatic amines is 1. The van der Waals surface area contributed by atoms with Crippen molar-refractivity contribution in [3.05, 3.63) is 47.3 Å². The van der Waals surface area contributed by atoms with E-state index in [1.165, 1.54) is 12.1 Å². The topological polar surface area (TPSA) is 49.7 Å². The number of halogens is 2. The van der Waals surface area contributed by atoms with Gasteiger partial charge in [0.25, 0.3) is 0 Å². The number of nitrogens with one attached hydrogen (secondary N) is 1. The van der Waals surface area contributed by atoms with E-state index in [4.69, 9.17) is 11.6 Å². The highest BCUT2D eigenvalue weighted by Crippen LogP contribution is 2.31. The van der Waals surface area contributed by atoms with Crippen LogP contribution < -0.4 is 0 Å². The summed E-state index contributed by atoms with van der Waals surface area (Å²) in [5.41, 5.74) is 1.57. The fourth-order valence-corrected chi connectivity index (χ4v) is 3.41. The average molecular weight is 334 g/mol. The molecule has 120 valence electrons. The fourth-order valence-electron chi connectivity index (χ4n) is 3.25. The van der Waals surface area contributed by atoms with E-state index in [0.29, 0.717) is 5.02 Å². The lowest BCUT2D eigenvalue weighted by molar-refractivity contribution is 0.236. The third-order valence-electron chi connectivity index (χ3n) is 4.36. The zero-order valence-corrected chi connectivity index (χ0v) is 13.3. The molecule has 5 nitrogen and oxygen atoms in total. The molecule has 0 bridgehead atoms. The molecule has 4 rings (SSSR count). The minimum absolute atomic E-state index is 0.244. The highest BCUT2D eigenvalue weighted by Gasteiger charge is 2.28. The van der Waals surface area contributed by atoms with Crippen molar-refractivity contribution in [2.45, 2.75) is 25.4 Å². The van der Waals surface area contributed by atoms with E-state index in [9.17, 15) is 4.39 Å². The van der Waals surface area contributed by atoms with Gasteiger partial charge in [0.15, 0.2) is 0 Å². The third kappa shape index (κ3) is 2.96. The van der Waals surface area contributed by atoms with Crippen molar-refractivity contribution in [1.29, 1.82) is 0 Å². The van der Waals surface area contributed by atoms with Crippen LogP contribution >= 0.6 is 11.6 Å². The molecule has 3 aromatic rings. The van der Waals surface area contributed by atoms with E-state index in [1.54, 1.807) is 12.3 Å². The molecule has 1 atom stereocenters. The smallest absolute Gasteiger partial charge is 0.125 e. The molecule has 1 saturated heterocycles. The Labute approximate surface area is 138 Å². The molecule has 7 heteroatoms. The molecule has 1 aliphatic rings. The Morgan fingerprint density at radius 2 is 2.26 bits per heavy atom. The first-order chi connectivity index (χ1) is 11.2. The first-order valence-electron chi connectivity index (χ1n) is 7.76. The molecule has 1 unspecified atom stereocenters. The van der Waals surface area contributed by atoms with Crippen LogP contribution in [0.5, 0.6) is 0 Å². The van der Waals surface area contributed by atoms with Gasteiger partial charge in [0.2, 0.25) is 0 Å². The van der Waals surface area contributed by atoms with Crippen LogP contribution in [0.2, 0.25) is 5.02 Å². The molecule has 0 saturated carbocycles. The van der Waals surface area contributed by atoms with E-state index in [0.717, 1.165) is 49.3 Å². The van der Waals surface area contributed by atoms with E-state index < -0.39 is 0 Å².